The zero-order valence-electron chi connectivity index (χ0n) is 16.8. The maximum Gasteiger partial charge on any atom is 0.251 e. The van der Waals surface area contributed by atoms with Crippen LogP contribution < -0.4 is 0 Å². The molecule has 2 heterocycles. The van der Waals surface area contributed by atoms with Gasteiger partial charge in [-0.3, -0.25) is 14.5 Å². The molecule has 28 heavy (non-hydrogen) atoms. The number of hydrogen-bond acceptors (Lipinski definition) is 4. The number of carbonyl (C=O) groups is 2. The number of piperazine rings is 1. The number of carbonyl (C=O) groups excluding carboxylic acids is 2. The summed E-state index contributed by atoms with van der Waals surface area (Å²) >= 11 is 0. The Morgan fingerprint density at radius 3 is 2.64 bits per heavy atom. The van der Waals surface area contributed by atoms with Crippen molar-refractivity contribution in [3.05, 3.63) is 35.4 Å². The van der Waals surface area contributed by atoms with Crippen LogP contribution in [-0.4, -0.2) is 79.0 Å². The van der Waals surface area contributed by atoms with Crippen LogP contribution in [-0.2, 0) is 20.7 Å². The fourth-order valence-electron chi connectivity index (χ4n) is 4.71. The molecule has 1 aromatic carbocycles. The standard InChI is InChI=1S/C22H31N3O3/c1-23(19-9-4-7-17-6-2-3-8-18(17)19)21(26)16-24-11-13-25(14-12-24)22(27)20-10-5-15-28-20/h2-3,6,8,19-20H,4-5,7,9-16H2,1H3. The monoisotopic (exact) mass is 385 g/mol. The van der Waals surface area contributed by atoms with Crippen molar-refractivity contribution in [2.75, 3.05) is 46.4 Å². The molecule has 0 radical (unpaired) electrons. The molecule has 0 aromatic heterocycles. The normalized spacial score (nSPS) is 25.4. The molecule has 2 fully saturated rings. The Balaban J connectivity index is 1.29. The molecule has 6 nitrogen and oxygen atoms in total. The molecule has 2 amide bonds. The molecule has 152 valence electrons. The van der Waals surface area contributed by atoms with Crippen LogP contribution >= 0.6 is 0 Å². The van der Waals surface area contributed by atoms with E-state index in [4.69, 9.17) is 4.74 Å². The van der Waals surface area contributed by atoms with Crippen molar-refractivity contribution in [3.8, 4) is 0 Å². The van der Waals surface area contributed by atoms with E-state index in [-0.39, 0.29) is 24.0 Å². The summed E-state index contributed by atoms with van der Waals surface area (Å²) in [7, 11) is 1.94. The Hall–Kier alpha value is -1.92. The Bertz CT molecular complexity index is 709. The van der Waals surface area contributed by atoms with E-state index < -0.39 is 0 Å². The maximum absolute atomic E-state index is 12.9. The van der Waals surface area contributed by atoms with Crippen LogP contribution in [0.3, 0.4) is 0 Å². The SMILES string of the molecule is CN(C(=O)CN1CCN(C(=O)C2CCCO2)CC1)C1CCCc2ccccc21. The van der Waals surface area contributed by atoms with E-state index in [0.717, 1.165) is 45.2 Å². The summed E-state index contributed by atoms with van der Waals surface area (Å²) in [6.45, 7) is 3.99. The van der Waals surface area contributed by atoms with Gasteiger partial charge in [0.15, 0.2) is 0 Å². The highest BCUT2D eigenvalue weighted by atomic mass is 16.5. The summed E-state index contributed by atoms with van der Waals surface area (Å²) in [5.74, 6) is 0.292. The summed E-state index contributed by atoms with van der Waals surface area (Å²) < 4.78 is 5.52. The minimum atomic E-state index is -0.245. The lowest BCUT2D eigenvalue weighted by atomic mass is 9.87. The number of amides is 2. The Morgan fingerprint density at radius 2 is 1.89 bits per heavy atom. The van der Waals surface area contributed by atoms with Crippen molar-refractivity contribution in [2.24, 2.45) is 0 Å². The minimum Gasteiger partial charge on any atom is -0.368 e. The second-order valence-corrected chi connectivity index (χ2v) is 8.21. The average Bonchev–Trinajstić information content (AvgIpc) is 3.28. The van der Waals surface area contributed by atoms with Gasteiger partial charge < -0.3 is 14.5 Å². The average molecular weight is 386 g/mol. The molecule has 2 atom stereocenters. The van der Waals surface area contributed by atoms with E-state index in [0.29, 0.717) is 26.2 Å². The number of nitrogens with zero attached hydrogens (tertiary/aromatic N) is 3. The smallest absolute Gasteiger partial charge is 0.251 e. The van der Waals surface area contributed by atoms with Crippen molar-refractivity contribution in [1.82, 2.24) is 14.7 Å². The summed E-state index contributed by atoms with van der Waals surface area (Å²) in [5.41, 5.74) is 2.68. The number of likely N-dealkylation sites (N-methyl/N-ethyl adjacent to an activating group) is 1. The molecule has 4 rings (SSSR count). The first-order valence-corrected chi connectivity index (χ1v) is 10.6. The van der Waals surface area contributed by atoms with Gasteiger partial charge >= 0.3 is 0 Å². The molecule has 0 N–H and O–H groups in total. The third kappa shape index (κ3) is 4.08. The predicted octanol–water partition coefficient (Wildman–Crippen LogP) is 1.85. The Labute approximate surface area is 167 Å². The van der Waals surface area contributed by atoms with Gasteiger partial charge in [-0.15, -0.1) is 0 Å². The van der Waals surface area contributed by atoms with Crippen molar-refractivity contribution in [1.29, 1.82) is 0 Å². The highest BCUT2D eigenvalue weighted by molar-refractivity contribution is 5.81. The van der Waals surface area contributed by atoms with Crippen LogP contribution in [0.25, 0.3) is 0 Å². The summed E-state index contributed by atoms with van der Waals surface area (Å²) in [6, 6.07) is 8.68. The maximum atomic E-state index is 12.9. The van der Waals surface area contributed by atoms with Crippen molar-refractivity contribution in [3.63, 3.8) is 0 Å². The largest absolute Gasteiger partial charge is 0.368 e. The predicted molar refractivity (Wildman–Crippen MR) is 107 cm³/mol. The molecule has 6 heteroatoms. The number of ether oxygens (including phenoxy) is 1. The van der Waals surface area contributed by atoms with E-state index in [1.54, 1.807) is 0 Å². The van der Waals surface area contributed by atoms with E-state index >= 15 is 0 Å². The quantitative estimate of drug-likeness (QED) is 0.794. The molecule has 2 unspecified atom stereocenters. The first-order valence-electron chi connectivity index (χ1n) is 10.6. The van der Waals surface area contributed by atoms with Gasteiger partial charge in [-0.1, -0.05) is 24.3 Å². The van der Waals surface area contributed by atoms with Gasteiger partial charge in [-0.05, 0) is 43.2 Å². The Kier molecular flexibility index (Phi) is 5.97. The van der Waals surface area contributed by atoms with Crippen LogP contribution in [0.2, 0.25) is 0 Å². The fourth-order valence-corrected chi connectivity index (χ4v) is 4.71. The van der Waals surface area contributed by atoms with Crippen molar-refractivity contribution < 1.29 is 14.3 Å². The first-order chi connectivity index (χ1) is 13.6. The third-order valence-corrected chi connectivity index (χ3v) is 6.45. The molecule has 1 aromatic rings. The van der Waals surface area contributed by atoms with Gasteiger partial charge in [0.1, 0.15) is 6.10 Å². The second kappa shape index (κ2) is 8.62. The summed E-state index contributed by atoms with van der Waals surface area (Å²) in [4.78, 5) is 31.4. The van der Waals surface area contributed by atoms with E-state index in [1.807, 2.05) is 16.8 Å². The molecular weight excluding hydrogens is 354 g/mol. The number of fused-ring (bicyclic) bond motifs is 1. The summed E-state index contributed by atoms with van der Waals surface area (Å²) in [5, 5.41) is 0. The molecule has 0 bridgehead atoms. The zero-order chi connectivity index (χ0) is 19.5. The number of aryl methyl sites for hydroxylation is 1. The number of hydrogen-bond donors (Lipinski definition) is 0. The van der Waals surface area contributed by atoms with Crippen LogP contribution in [0.1, 0.15) is 42.9 Å². The zero-order valence-corrected chi connectivity index (χ0v) is 16.8. The Morgan fingerprint density at radius 1 is 1.11 bits per heavy atom. The van der Waals surface area contributed by atoms with Gasteiger partial charge in [-0.2, -0.15) is 0 Å². The van der Waals surface area contributed by atoms with Crippen molar-refractivity contribution in [2.45, 2.75) is 44.2 Å². The molecule has 0 saturated carbocycles. The van der Waals surface area contributed by atoms with Crippen LogP contribution in [0.4, 0.5) is 0 Å². The lowest BCUT2D eigenvalue weighted by Crippen LogP contribution is -2.53. The fraction of sp³-hybridized carbons (Fsp3) is 0.636. The molecule has 3 aliphatic rings. The van der Waals surface area contributed by atoms with Gasteiger partial charge in [-0.25, -0.2) is 0 Å². The molecule has 1 aliphatic carbocycles. The number of benzene rings is 1. The van der Waals surface area contributed by atoms with Gasteiger partial charge in [0, 0.05) is 39.8 Å². The van der Waals surface area contributed by atoms with Crippen LogP contribution in [0, 0.1) is 0 Å². The van der Waals surface area contributed by atoms with Gasteiger partial charge in [0.05, 0.1) is 12.6 Å². The molecule has 0 spiro atoms. The topological polar surface area (TPSA) is 53.1 Å². The van der Waals surface area contributed by atoms with Crippen LogP contribution in [0.5, 0.6) is 0 Å². The lowest BCUT2D eigenvalue weighted by molar-refractivity contribution is -0.143. The lowest BCUT2D eigenvalue weighted by Gasteiger charge is -2.38. The van der Waals surface area contributed by atoms with Crippen molar-refractivity contribution >= 4 is 11.8 Å². The van der Waals surface area contributed by atoms with E-state index in [2.05, 4.69) is 29.2 Å². The van der Waals surface area contributed by atoms with E-state index in [1.165, 1.54) is 11.1 Å². The third-order valence-electron chi connectivity index (χ3n) is 6.45. The second-order valence-electron chi connectivity index (χ2n) is 8.21. The summed E-state index contributed by atoms with van der Waals surface area (Å²) in [6.07, 6.45) is 4.83. The minimum absolute atomic E-state index is 0.124. The highest BCUT2D eigenvalue weighted by Gasteiger charge is 2.32. The van der Waals surface area contributed by atoms with Gasteiger partial charge in [0.25, 0.3) is 5.91 Å². The highest BCUT2D eigenvalue weighted by Crippen LogP contribution is 2.33. The first kappa shape index (κ1) is 19.4. The molecular formula is C22H31N3O3. The van der Waals surface area contributed by atoms with Gasteiger partial charge in [0.2, 0.25) is 5.91 Å². The number of rotatable bonds is 4. The van der Waals surface area contributed by atoms with Crippen LogP contribution in [0.15, 0.2) is 24.3 Å². The molecule has 2 aliphatic heterocycles. The van der Waals surface area contributed by atoms with E-state index in [9.17, 15) is 9.59 Å². The molecule has 2 saturated heterocycles.